The zero-order valence-electron chi connectivity index (χ0n) is 9.66. The van der Waals surface area contributed by atoms with Crippen molar-refractivity contribution in [2.24, 2.45) is 5.92 Å². The Bertz CT molecular complexity index is 183. The molecular formula is C10H22N2OS. The molecule has 0 bridgehead atoms. The number of carbonyl (C=O) groups excluding carboxylic acids is 1. The van der Waals surface area contributed by atoms with E-state index in [0.717, 1.165) is 0 Å². The van der Waals surface area contributed by atoms with Crippen LogP contribution < -0.4 is 10.6 Å². The summed E-state index contributed by atoms with van der Waals surface area (Å²) in [5.74, 6) is 0.346. The second-order valence-corrected chi connectivity index (χ2v) is 4.86. The van der Waals surface area contributed by atoms with Crippen LogP contribution in [0.2, 0.25) is 0 Å². The van der Waals surface area contributed by atoms with Gasteiger partial charge in [-0.25, -0.2) is 0 Å². The predicted molar refractivity (Wildman–Crippen MR) is 63.7 cm³/mol. The predicted octanol–water partition coefficient (Wildman–Crippen LogP) is 1.05. The largest absolute Gasteiger partial charge is 0.351 e. The van der Waals surface area contributed by atoms with Crippen LogP contribution in [0.5, 0.6) is 0 Å². The zero-order chi connectivity index (χ0) is 11.3. The van der Waals surface area contributed by atoms with Crippen LogP contribution in [-0.2, 0) is 4.79 Å². The minimum atomic E-state index is -0.121. The maximum Gasteiger partial charge on any atom is 0.237 e. The topological polar surface area (TPSA) is 41.1 Å². The molecule has 3 atom stereocenters. The van der Waals surface area contributed by atoms with E-state index in [1.54, 1.807) is 7.05 Å². The Kier molecular flexibility index (Phi) is 6.20. The fourth-order valence-corrected chi connectivity index (χ4v) is 1.28. The lowest BCUT2D eigenvalue weighted by Crippen LogP contribution is -2.50. The first kappa shape index (κ1) is 13.8. The lowest BCUT2D eigenvalue weighted by Gasteiger charge is -2.23. The van der Waals surface area contributed by atoms with Crippen LogP contribution >= 0.6 is 12.6 Å². The van der Waals surface area contributed by atoms with Crippen molar-refractivity contribution in [2.75, 3.05) is 7.05 Å². The van der Waals surface area contributed by atoms with Gasteiger partial charge in [-0.05, 0) is 19.9 Å². The number of carbonyl (C=O) groups is 1. The van der Waals surface area contributed by atoms with Crippen molar-refractivity contribution in [3.8, 4) is 0 Å². The molecule has 14 heavy (non-hydrogen) atoms. The molecule has 0 aliphatic rings. The monoisotopic (exact) mass is 218 g/mol. The Morgan fingerprint density at radius 2 is 1.71 bits per heavy atom. The van der Waals surface area contributed by atoms with Gasteiger partial charge in [0, 0.05) is 11.3 Å². The lowest BCUT2D eigenvalue weighted by atomic mass is 10.0. The van der Waals surface area contributed by atoms with Gasteiger partial charge in [-0.15, -0.1) is 0 Å². The number of amides is 1. The van der Waals surface area contributed by atoms with E-state index in [0.29, 0.717) is 5.92 Å². The number of hydrogen-bond acceptors (Lipinski definition) is 3. The maximum atomic E-state index is 11.7. The van der Waals surface area contributed by atoms with Crippen LogP contribution in [0.3, 0.4) is 0 Å². The van der Waals surface area contributed by atoms with Crippen LogP contribution in [-0.4, -0.2) is 30.3 Å². The zero-order valence-corrected chi connectivity index (χ0v) is 10.6. The first-order valence-corrected chi connectivity index (χ1v) is 5.57. The van der Waals surface area contributed by atoms with Gasteiger partial charge < -0.3 is 10.6 Å². The molecule has 0 aromatic rings. The van der Waals surface area contributed by atoms with Gasteiger partial charge in [0.1, 0.15) is 0 Å². The molecule has 0 heterocycles. The normalized spacial score (nSPS) is 17.6. The van der Waals surface area contributed by atoms with Gasteiger partial charge in [0.25, 0.3) is 0 Å². The highest BCUT2D eigenvalue weighted by molar-refractivity contribution is 7.81. The Labute approximate surface area is 92.4 Å². The minimum absolute atomic E-state index is 0.0518. The quantitative estimate of drug-likeness (QED) is 0.604. The number of thiol groups is 1. The third-order valence-electron chi connectivity index (χ3n) is 2.35. The number of rotatable bonds is 5. The number of nitrogens with one attached hydrogen (secondary N) is 2. The van der Waals surface area contributed by atoms with Gasteiger partial charge in [-0.3, -0.25) is 4.79 Å². The summed E-state index contributed by atoms with van der Waals surface area (Å²) in [6.07, 6.45) is 0. The summed E-state index contributed by atoms with van der Waals surface area (Å²) < 4.78 is 0. The third kappa shape index (κ3) is 4.33. The highest BCUT2D eigenvalue weighted by Crippen LogP contribution is 2.04. The molecule has 1 amide bonds. The fourth-order valence-electron chi connectivity index (χ4n) is 1.20. The second kappa shape index (κ2) is 6.30. The molecule has 3 nitrogen and oxygen atoms in total. The molecule has 84 valence electrons. The van der Waals surface area contributed by atoms with E-state index in [-0.39, 0.29) is 23.2 Å². The lowest BCUT2D eigenvalue weighted by molar-refractivity contribution is -0.124. The molecule has 4 heteroatoms. The van der Waals surface area contributed by atoms with Gasteiger partial charge >= 0.3 is 0 Å². The van der Waals surface area contributed by atoms with Crippen LogP contribution in [0.4, 0.5) is 0 Å². The minimum Gasteiger partial charge on any atom is -0.351 e. The smallest absolute Gasteiger partial charge is 0.237 e. The average molecular weight is 218 g/mol. The molecule has 0 spiro atoms. The van der Waals surface area contributed by atoms with Crippen LogP contribution in [0, 0.1) is 5.92 Å². The molecule has 0 saturated carbocycles. The molecule has 3 unspecified atom stereocenters. The summed E-state index contributed by atoms with van der Waals surface area (Å²) in [5, 5.41) is 6.11. The second-order valence-electron chi connectivity index (χ2n) is 4.05. The first-order valence-electron chi connectivity index (χ1n) is 5.05. The summed E-state index contributed by atoms with van der Waals surface area (Å²) in [5.41, 5.74) is 0. The molecule has 0 rings (SSSR count). The van der Waals surface area contributed by atoms with E-state index >= 15 is 0 Å². The van der Waals surface area contributed by atoms with Crippen molar-refractivity contribution in [1.29, 1.82) is 0 Å². The maximum absolute atomic E-state index is 11.7. The van der Waals surface area contributed by atoms with E-state index in [4.69, 9.17) is 0 Å². The van der Waals surface area contributed by atoms with Crippen LogP contribution in [0.15, 0.2) is 0 Å². The molecule has 2 N–H and O–H groups in total. The number of hydrogen-bond donors (Lipinski definition) is 3. The summed E-state index contributed by atoms with van der Waals surface area (Å²) in [6.45, 7) is 7.98. The van der Waals surface area contributed by atoms with Crippen LogP contribution in [0.25, 0.3) is 0 Å². The highest BCUT2D eigenvalue weighted by Gasteiger charge is 2.22. The molecule has 0 aliphatic heterocycles. The molecule has 0 saturated heterocycles. The Balaban J connectivity index is 4.18. The Morgan fingerprint density at radius 1 is 1.21 bits per heavy atom. The average Bonchev–Trinajstić information content (AvgIpc) is 2.04. The van der Waals surface area contributed by atoms with E-state index in [1.165, 1.54) is 0 Å². The molecule has 0 aromatic heterocycles. The van der Waals surface area contributed by atoms with Crippen molar-refractivity contribution in [3.05, 3.63) is 0 Å². The molecule has 0 aliphatic carbocycles. The summed E-state index contributed by atoms with van der Waals surface area (Å²) in [7, 11) is 1.80. The van der Waals surface area contributed by atoms with Crippen molar-refractivity contribution in [2.45, 2.75) is 45.0 Å². The fraction of sp³-hybridized carbons (Fsp3) is 0.900. The van der Waals surface area contributed by atoms with Crippen molar-refractivity contribution < 1.29 is 4.79 Å². The van der Waals surface area contributed by atoms with E-state index in [9.17, 15) is 4.79 Å². The van der Waals surface area contributed by atoms with Gasteiger partial charge in [-0.2, -0.15) is 12.6 Å². The molecule has 0 radical (unpaired) electrons. The Morgan fingerprint density at radius 3 is 2.00 bits per heavy atom. The third-order valence-corrected chi connectivity index (χ3v) is 2.80. The van der Waals surface area contributed by atoms with E-state index < -0.39 is 0 Å². The standard InChI is InChI=1S/C10H22N2OS/c1-6(2)9(11-5)10(13)12-7(3)8(4)14/h6-9,11,14H,1-5H3,(H,12,13). The SMILES string of the molecule is CNC(C(=O)NC(C)C(C)S)C(C)C. The number of likely N-dealkylation sites (N-methyl/N-ethyl adjacent to an activating group) is 1. The van der Waals surface area contributed by atoms with Gasteiger partial charge in [0.2, 0.25) is 5.91 Å². The van der Waals surface area contributed by atoms with E-state index in [1.807, 2.05) is 27.7 Å². The van der Waals surface area contributed by atoms with Gasteiger partial charge in [-0.1, -0.05) is 20.8 Å². The van der Waals surface area contributed by atoms with Crippen molar-refractivity contribution in [1.82, 2.24) is 10.6 Å². The molecule has 0 fully saturated rings. The van der Waals surface area contributed by atoms with Crippen molar-refractivity contribution in [3.63, 3.8) is 0 Å². The summed E-state index contributed by atoms with van der Waals surface area (Å²) in [4.78, 5) is 11.7. The van der Waals surface area contributed by atoms with Gasteiger partial charge in [0.05, 0.1) is 6.04 Å². The van der Waals surface area contributed by atoms with Crippen LogP contribution in [0.1, 0.15) is 27.7 Å². The molecular weight excluding hydrogens is 196 g/mol. The summed E-state index contributed by atoms with van der Waals surface area (Å²) >= 11 is 4.28. The van der Waals surface area contributed by atoms with Gasteiger partial charge in [0.15, 0.2) is 0 Å². The van der Waals surface area contributed by atoms with E-state index in [2.05, 4.69) is 23.3 Å². The highest BCUT2D eigenvalue weighted by atomic mass is 32.1. The van der Waals surface area contributed by atoms with Crippen molar-refractivity contribution >= 4 is 18.5 Å². The summed E-state index contributed by atoms with van der Waals surface area (Å²) in [6, 6.07) is -0.0232. The first-order chi connectivity index (χ1) is 6.40. The molecule has 0 aromatic carbocycles. The Hall–Kier alpha value is -0.220.